The van der Waals surface area contributed by atoms with E-state index in [1.807, 2.05) is 53.1 Å². The number of hydrogen-bond donors (Lipinski definition) is 0. The second-order valence-electron chi connectivity index (χ2n) is 7.07. The molecule has 0 aliphatic rings. The van der Waals surface area contributed by atoms with Crippen LogP contribution in [0.15, 0.2) is 65.5 Å². The van der Waals surface area contributed by atoms with Gasteiger partial charge in [-0.15, -0.1) is 5.10 Å². The maximum absolute atomic E-state index is 13.2. The molecule has 142 valence electrons. The highest BCUT2D eigenvalue weighted by molar-refractivity contribution is 5.31. The quantitative estimate of drug-likeness (QED) is 0.614. The molecule has 1 unspecified atom stereocenters. The first-order valence-corrected chi connectivity index (χ1v) is 9.56. The number of nitrogens with zero attached hydrogens (tertiary/aromatic N) is 4. The molecule has 2 aromatic carbocycles. The van der Waals surface area contributed by atoms with Gasteiger partial charge in [-0.3, -0.25) is 4.57 Å². The minimum atomic E-state index is -0.0654. The van der Waals surface area contributed by atoms with Crippen molar-refractivity contribution in [2.24, 2.45) is 0 Å². The zero-order valence-corrected chi connectivity index (χ0v) is 16.4. The third kappa shape index (κ3) is 4.37. The van der Waals surface area contributed by atoms with E-state index >= 15 is 0 Å². The Labute approximate surface area is 160 Å². The molecule has 3 rings (SSSR count). The summed E-state index contributed by atoms with van der Waals surface area (Å²) < 4.78 is 3.40. The van der Waals surface area contributed by atoms with Gasteiger partial charge in [0.1, 0.15) is 5.82 Å². The molecule has 0 radical (unpaired) electrons. The largest absolute Gasteiger partial charge is 0.350 e. The maximum atomic E-state index is 13.2. The van der Waals surface area contributed by atoms with E-state index in [4.69, 9.17) is 5.10 Å². The first-order valence-electron chi connectivity index (χ1n) is 9.56. The predicted molar refractivity (Wildman–Crippen MR) is 110 cm³/mol. The first kappa shape index (κ1) is 19.1. The van der Waals surface area contributed by atoms with Crippen LogP contribution in [0, 0.1) is 0 Å². The van der Waals surface area contributed by atoms with E-state index < -0.39 is 0 Å². The van der Waals surface area contributed by atoms with Crippen molar-refractivity contribution in [1.29, 1.82) is 0 Å². The van der Waals surface area contributed by atoms with E-state index in [2.05, 4.69) is 38.1 Å². The van der Waals surface area contributed by atoms with Crippen molar-refractivity contribution in [1.82, 2.24) is 19.2 Å². The minimum absolute atomic E-state index is 0.0654. The van der Waals surface area contributed by atoms with Crippen LogP contribution in [0.1, 0.15) is 37.1 Å². The fourth-order valence-electron chi connectivity index (χ4n) is 3.41. The van der Waals surface area contributed by atoms with Crippen LogP contribution >= 0.6 is 0 Å². The van der Waals surface area contributed by atoms with Crippen LogP contribution in [-0.2, 0) is 6.54 Å². The predicted octanol–water partition coefficient (Wildman–Crippen LogP) is 3.53. The number of para-hydroxylation sites is 1. The highest BCUT2D eigenvalue weighted by atomic mass is 16.2. The normalized spacial score (nSPS) is 12.4. The van der Waals surface area contributed by atoms with E-state index in [-0.39, 0.29) is 11.6 Å². The van der Waals surface area contributed by atoms with Crippen molar-refractivity contribution >= 4 is 0 Å². The molecular weight excluding hydrogens is 336 g/mol. The van der Waals surface area contributed by atoms with Crippen LogP contribution in [-0.4, -0.2) is 39.9 Å². The van der Waals surface area contributed by atoms with Gasteiger partial charge in [0.25, 0.3) is 0 Å². The Balaban J connectivity index is 2.06. The maximum Gasteiger partial charge on any atom is 0.350 e. The lowest BCUT2D eigenvalue weighted by Gasteiger charge is -2.16. The number of hydrogen-bond acceptors (Lipinski definition) is 3. The second-order valence-corrected chi connectivity index (χ2v) is 7.07. The summed E-state index contributed by atoms with van der Waals surface area (Å²) in [5.74, 6) is 0.944. The SMILES string of the molecule is CCC(c1ccccc1)c1nn(-c2ccccc2)c(=O)n1CCCN(C)C. The lowest BCUT2D eigenvalue weighted by atomic mass is 9.95. The molecule has 1 atom stereocenters. The summed E-state index contributed by atoms with van der Waals surface area (Å²) in [5, 5.41) is 4.78. The Hall–Kier alpha value is -2.66. The summed E-state index contributed by atoms with van der Waals surface area (Å²) in [6.07, 6.45) is 1.80. The van der Waals surface area contributed by atoms with E-state index in [0.717, 1.165) is 30.9 Å². The number of aromatic nitrogens is 3. The molecule has 0 aliphatic carbocycles. The Morgan fingerprint density at radius 1 is 1.00 bits per heavy atom. The summed E-state index contributed by atoms with van der Waals surface area (Å²) in [5.41, 5.74) is 1.93. The highest BCUT2D eigenvalue weighted by Gasteiger charge is 2.22. The molecule has 3 aromatic rings. The third-order valence-electron chi connectivity index (χ3n) is 4.80. The van der Waals surface area contributed by atoms with Gasteiger partial charge in [0.05, 0.1) is 5.69 Å². The molecule has 0 fully saturated rings. The Bertz CT molecular complexity index is 897. The van der Waals surface area contributed by atoms with Gasteiger partial charge in [-0.2, -0.15) is 4.68 Å². The lowest BCUT2D eigenvalue weighted by molar-refractivity contribution is 0.382. The second kappa shape index (κ2) is 8.82. The zero-order chi connectivity index (χ0) is 19.2. The van der Waals surface area contributed by atoms with Gasteiger partial charge in [0, 0.05) is 12.5 Å². The zero-order valence-electron chi connectivity index (χ0n) is 16.4. The molecule has 0 spiro atoms. The highest BCUT2D eigenvalue weighted by Crippen LogP contribution is 2.26. The number of rotatable bonds is 8. The fraction of sp³-hybridized carbons (Fsp3) is 0.364. The van der Waals surface area contributed by atoms with Gasteiger partial charge in [0.15, 0.2) is 0 Å². The standard InChI is InChI=1S/C22H28N4O/c1-4-20(18-12-7-5-8-13-18)21-23-26(19-14-9-6-10-15-19)22(27)25(21)17-11-16-24(2)3/h5-10,12-15,20H,4,11,16-17H2,1-3H3. The topological polar surface area (TPSA) is 43.1 Å². The molecular formula is C22H28N4O. The van der Waals surface area contributed by atoms with Crippen molar-refractivity contribution in [2.75, 3.05) is 20.6 Å². The Morgan fingerprint density at radius 2 is 1.63 bits per heavy atom. The van der Waals surface area contributed by atoms with Gasteiger partial charge in [-0.1, -0.05) is 55.5 Å². The van der Waals surface area contributed by atoms with Crippen molar-refractivity contribution < 1.29 is 0 Å². The molecule has 1 heterocycles. The van der Waals surface area contributed by atoms with Gasteiger partial charge >= 0.3 is 5.69 Å². The van der Waals surface area contributed by atoms with Crippen LogP contribution in [0.25, 0.3) is 5.69 Å². The van der Waals surface area contributed by atoms with Crippen molar-refractivity contribution in [3.63, 3.8) is 0 Å². The van der Waals surface area contributed by atoms with E-state index in [1.165, 1.54) is 10.2 Å². The molecule has 0 aliphatic heterocycles. The molecule has 0 saturated carbocycles. The van der Waals surface area contributed by atoms with Crippen LogP contribution in [0.3, 0.4) is 0 Å². The Kier molecular flexibility index (Phi) is 6.24. The molecule has 0 saturated heterocycles. The van der Waals surface area contributed by atoms with Gasteiger partial charge in [0.2, 0.25) is 0 Å². The van der Waals surface area contributed by atoms with Crippen LogP contribution in [0.4, 0.5) is 0 Å². The molecule has 5 nitrogen and oxygen atoms in total. The molecule has 5 heteroatoms. The summed E-state index contributed by atoms with van der Waals surface area (Å²) in [6, 6.07) is 20.0. The average molecular weight is 364 g/mol. The summed E-state index contributed by atoms with van der Waals surface area (Å²) >= 11 is 0. The molecule has 27 heavy (non-hydrogen) atoms. The van der Waals surface area contributed by atoms with Gasteiger partial charge in [-0.25, -0.2) is 4.79 Å². The van der Waals surface area contributed by atoms with Crippen LogP contribution < -0.4 is 5.69 Å². The molecule has 1 aromatic heterocycles. The van der Waals surface area contributed by atoms with E-state index in [1.54, 1.807) is 0 Å². The summed E-state index contributed by atoms with van der Waals surface area (Å²) in [6.45, 7) is 3.75. The molecule has 0 amide bonds. The molecule has 0 bridgehead atoms. The summed E-state index contributed by atoms with van der Waals surface area (Å²) in [4.78, 5) is 15.3. The van der Waals surface area contributed by atoms with Crippen molar-refractivity contribution in [3.8, 4) is 5.69 Å². The smallest absolute Gasteiger partial charge is 0.309 e. The monoisotopic (exact) mass is 364 g/mol. The Morgan fingerprint density at radius 3 is 2.22 bits per heavy atom. The fourth-order valence-corrected chi connectivity index (χ4v) is 3.41. The van der Waals surface area contributed by atoms with Crippen LogP contribution in [0.2, 0.25) is 0 Å². The van der Waals surface area contributed by atoms with E-state index in [9.17, 15) is 4.79 Å². The number of benzene rings is 2. The van der Waals surface area contributed by atoms with Crippen molar-refractivity contribution in [3.05, 3.63) is 82.5 Å². The first-order chi connectivity index (χ1) is 13.1. The minimum Gasteiger partial charge on any atom is -0.309 e. The van der Waals surface area contributed by atoms with Gasteiger partial charge in [-0.05, 0) is 51.2 Å². The average Bonchev–Trinajstić information content (AvgIpc) is 3.00. The summed E-state index contributed by atoms with van der Waals surface area (Å²) in [7, 11) is 4.10. The lowest BCUT2D eigenvalue weighted by Crippen LogP contribution is -2.26. The van der Waals surface area contributed by atoms with Gasteiger partial charge < -0.3 is 4.90 Å². The van der Waals surface area contributed by atoms with Crippen LogP contribution in [0.5, 0.6) is 0 Å². The van der Waals surface area contributed by atoms with E-state index in [0.29, 0.717) is 6.54 Å². The molecule has 0 N–H and O–H groups in total. The van der Waals surface area contributed by atoms with Crippen molar-refractivity contribution in [2.45, 2.75) is 32.2 Å². The third-order valence-corrected chi connectivity index (χ3v) is 4.80.